The van der Waals surface area contributed by atoms with Crippen molar-refractivity contribution in [3.05, 3.63) is 35.4 Å². The van der Waals surface area contributed by atoms with Crippen LogP contribution in [0.3, 0.4) is 0 Å². The molecule has 0 aromatic heterocycles. The van der Waals surface area contributed by atoms with Crippen molar-refractivity contribution in [2.45, 2.75) is 63.5 Å². The molecule has 1 aliphatic carbocycles. The number of hydrogen-bond donors (Lipinski definition) is 1. The van der Waals surface area contributed by atoms with E-state index in [1.54, 1.807) is 5.56 Å². The van der Waals surface area contributed by atoms with Crippen LogP contribution in [0.5, 0.6) is 0 Å². The molecule has 1 saturated carbocycles. The van der Waals surface area contributed by atoms with E-state index in [0.29, 0.717) is 6.10 Å². The lowest BCUT2D eigenvalue weighted by Gasteiger charge is -2.37. The third kappa shape index (κ3) is 3.42. The zero-order chi connectivity index (χ0) is 13.8. The van der Waals surface area contributed by atoms with Gasteiger partial charge >= 0.3 is 0 Å². The molecule has 1 aromatic rings. The van der Waals surface area contributed by atoms with Gasteiger partial charge in [-0.25, -0.2) is 0 Å². The first-order chi connectivity index (χ1) is 9.83. The highest BCUT2D eigenvalue weighted by atomic mass is 16.5. The molecular weight excluding hydrogens is 246 g/mol. The quantitative estimate of drug-likeness (QED) is 0.881. The van der Waals surface area contributed by atoms with Crippen LogP contribution in [0, 0.1) is 6.92 Å². The summed E-state index contributed by atoms with van der Waals surface area (Å²) in [5.41, 5.74) is 3.01. The van der Waals surface area contributed by atoms with Gasteiger partial charge in [-0.3, -0.25) is 0 Å². The van der Waals surface area contributed by atoms with Crippen molar-refractivity contribution in [3.8, 4) is 0 Å². The van der Waals surface area contributed by atoms with E-state index in [0.717, 1.165) is 25.1 Å². The summed E-state index contributed by atoms with van der Waals surface area (Å²) in [6.45, 7) is 4.33. The lowest BCUT2D eigenvalue weighted by atomic mass is 9.74. The summed E-state index contributed by atoms with van der Waals surface area (Å²) >= 11 is 0. The second kappa shape index (κ2) is 6.73. The van der Waals surface area contributed by atoms with E-state index in [-0.39, 0.29) is 0 Å². The Hall–Kier alpha value is -0.860. The minimum atomic E-state index is 0.517. The molecule has 1 N–H and O–H groups in total. The van der Waals surface area contributed by atoms with E-state index in [4.69, 9.17) is 4.74 Å². The lowest BCUT2D eigenvalue weighted by Crippen LogP contribution is -2.41. The Morgan fingerprint density at radius 3 is 2.80 bits per heavy atom. The Bertz CT molecular complexity index is 419. The molecule has 2 fully saturated rings. The summed E-state index contributed by atoms with van der Waals surface area (Å²) < 4.78 is 5.78. The van der Waals surface area contributed by atoms with Gasteiger partial charge in [0.2, 0.25) is 0 Å². The summed E-state index contributed by atoms with van der Waals surface area (Å²) in [5, 5.41) is 3.71. The molecule has 0 radical (unpaired) electrons. The molecule has 0 amide bonds. The molecule has 0 bridgehead atoms. The molecule has 1 heterocycles. The van der Waals surface area contributed by atoms with Crippen LogP contribution in [-0.4, -0.2) is 25.3 Å². The molecule has 1 aliphatic heterocycles. The van der Waals surface area contributed by atoms with Gasteiger partial charge in [-0.05, 0) is 69.0 Å². The predicted molar refractivity (Wildman–Crippen MR) is 83.2 cm³/mol. The van der Waals surface area contributed by atoms with E-state index in [1.807, 2.05) is 0 Å². The molecule has 3 rings (SSSR count). The zero-order valence-corrected chi connectivity index (χ0v) is 12.6. The fraction of sp³-hybridized carbons (Fsp3) is 0.667. The predicted octanol–water partition coefficient (Wildman–Crippen LogP) is 3.79. The van der Waals surface area contributed by atoms with E-state index >= 15 is 0 Å². The lowest BCUT2D eigenvalue weighted by molar-refractivity contribution is 0.0107. The van der Waals surface area contributed by atoms with Gasteiger partial charge in [0.05, 0.1) is 6.10 Å². The molecule has 2 aliphatic rings. The van der Waals surface area contributed by atoms with Crippen LogP contribution in [0.1, 0.15) is 55.6 Å². The number of ether oxygens (including phenoxy) is 1. The maximum absolute atomic E-state index is 5.78. The average Bonchev–Trinajstić information content (AvgIpc) is 2.44. The standard InChI is InChI=1S/C18H27NO/c1-14-6-2-3-8-18(14)15-12-16(13-15)19-10-9-17-7-4-5-11-20-17/h2-3,6,8,15-17,19H,4-5,7,9-13H2,1H3. The topological polar surface area (TPSA) is 21.3 Å². The highest BCUT2D eigenvalue weighted by Gasteiger charge is 2.30. The number of aryl methyl sites for hydroxylation is 1. The highest BCUT2D eigenvalue weighted by molar-refractivity contribution is 5.31. The van der Waals surface area contributed by atoms with Gasteiger partial charge in [-0.15, -0.1) is 0 Å². The molecule has 1 saturated heterocycles. The minimum absolute atomic E-state index is 0.517. The van der Waals surface area contributed by atoms with E-state index in [9.17, 15) is 0 Å². The third-order valence-electron chi connectivity index (χ3n) is 4.94. The first-order valence-corrected chi connectivity index (χ1v) is 8.23. The molecule has 0 spiro atoms. The Balaban J connectivity index is 1.35. The Kier molecular flexibility index (Phi) is 4.74. The van der Waals surface area contributed by atoms with Gasteiger partial charge in [0, 0.05) is 12.6 Å². The van der Waals surface area contributed by atoms with Crippen LogP contribution in [-0.2, 0) is 4.74 Å². The minimum Gasteiger partial charge on any atom is -0.378 e. The van der Waals surface area contributed by atoms with Gasteiger partial charge in [0.1, 0.15) is 0 Å². The molecule has 1 aromatic carbocycles. The summed E-state index contributed by atoms with van der Waals surface area (Å²) in [5.74, 6) is 0.777. The van der Waals surface area contributed by atoms with Crippen molar-refractivity contribution in [3.63, 3.8) is 0 Å². The number of nitrogens with one attached hydrogen (secondary N) is 1. The molecule has 1 atom stereocenters. The van der Waals surface area contributed by atoms with Crippen molar-refractivity contribution in [1.29, 1.82) is 0 Å². The van der Waals surface area contributed by atoms with Gasteiger partial charge in [-0.1, -0.05) is 24.3 Å². The first kappa shape index (κ1) is 14.1. The van der Waals surface area contributed by atoms with Gasteiger partial charge < -0.3 is 10.1 Å². The van der Waals surface area contributed by atoms with Crippen LogP contribution in [0.15, 0.2) is 24.3 Å². The van der Waals surface area contributed by atoms with Crippen molar-refractivity contribution >= 4 is 0 Å². The van der Waals surface area contributed by atoms with Crippen LogP contribution >= 0.6 is 0 Å². The van der Waals surface area contributed by atoms with Crippen molar-refractivity contribution in [2.75, 3.05) is 13.2 Å². The van der Waals surface area contributed by atoms with Gasteiger partial charge in [0.25, 0.3) is 0 Å². The van der Waals surface area contributed by atoms with E-state index < -0.39 is 0 Å². The fourth-order valence-electron chi connectivity index (χ4n) is 3.57. The molecule has 20 heavy (non-hydrogen) atoms. The summed E-state index contributed by atoms with van der Waals surface area (Å²) in [4.78, 5) is 0. The molecule has 2 heteroatoms. The summed E-state index contributed by atoms with van der Waals surface area (Å²) in [7, 11) is 0. The summed E-state index contributed by atoms with van der Waals surface area (Å²) in [6.07, 6.45) is 8.17. The molecule has 110 valence electrons. The van der Waals surface area contributed by atoms with Crippen LogP contribution in [0.2, 0.25) is 0 Å². The van der Waals surface area contributed by atoms with E-state index in [2.05, 4.69) is 36.5 Å². The number of rotatable bonds is 5. The second-order valence-electron chi connectivity index (χ2n) is 6.45. The first-order valence-electron chi connectivity index (χ1n) is 8.23. The van der Waals surface area contributed by atoms with Crippen molar-refractivity contribution in [2.24, 2.45) is 0 Å². The normalized spacial score (nSPS) is 29.9. The van der Waals surface area contributed by atoms with Gasteiger partial charge in [0.15, 0.2) is 0 Å². The number of benzene rings is 1. The van der Waals surface area contributed by atoms with Gasteiger partial charge in [-0.2, -0.15) is 0 Å². The van der Waals surface area contributed by atoms with Crippen LogP contribution < -0.4 is 5.32 Å². The largest absolute Gasteiger partial charge is 0.378 e. The van der Waals surface area contributed by atoms with Crippen LogP contribution in [0.25, 0.3) is 0 Å². The number of hydrogen-bond acceptors (Lipinski definition) is 2. The van der Waals surface area contributed by atoms with Crippen molar-refractivity contribution in [1.82, 2.24) is 5.32 Å². The fourth-order valence-corrected chi connectivity index (χ4v) is 3.57. The SMILES string of the molecule is Cc1ccccc1C1CC(NCCC2CCCCO2)C1. The maximum Gasteiger partial charge on any atom is 0.0587 e. The van der Waals surface area contributed by atoms with Crippen molar-refractivity contribution < 1.29 is 4.74 Å². The van der Waals surface area contributed by atoms with E-state index in [1.165, 1.54) is 44.1 Å². The summed E-state index contributed by atoms with van der Waals surface area (Å²) in [6, 6.07) is 9.56. The maximum atomic E-state index is 5.78. The Morgan fingerprint density at radius 2 is 2.05 bits per heavy atom. The smallest absolute Gasteiger partial charge is 0.0587 e. The highest BCUT2D eigenvalue weighted by Crippen LogP contribution is 2.38. The third-order valence-corrected chi connectivity index (χ3v) is 4.94. The zero-order valence-electron chi connectivity index (χ0n) is 12.6. The Labute approximate surface area is 122 Å². The molecule has 2 nitrogen and oxygen atoms in total. The second-order valence-corrected chi connectivity index (χ2v) is 6.45. The Morgan fingerprint density at radius 1 is 1.20 bits per heavy atom. The monoisotopic (exact) mass is 273 g/mol. The molecule has 1 unspecified atom stereocenters. The van der Waals surface area contributed by atoms with Crippen LogP contribution in [0.4, 0.5) is 0 Å². The average molecular weight is 273 g/mol. The molecular formula is C18H27NO.